The zero-order chi connectivity index (χ0) is 27.5. The van der Waals surface area contributed by atoms with Crippen LogP contribution in [0.15, 0.2) is 0 Å². The third-order valence-electron chi connectivity index (χ3n) is 5.56. The molecule has 10 nitrogen and oxygen atoms in total. The molecule has 4 unspecified atom stereocenters. The van der Waals surface area contributed by atoms with Crippen molar-refractivity contribution in [3.05, 3.63) is 0 Å². The summed E-state index contributed by atoms with van der Waals surface area (Å²) in [6.07, 6.45) is 4.01. The number of nitrogens with one attached hydrogen (secondary N) is 2. The molecule has 0 spiro atoms. The van der Waals surface area contributed by atoms with E-state index in [1.807, 2.05) is 4.90 Å². The third-order valence-corrected chi connectivity index (χ3v) is 9.15. The van der Waals surface area contributed by atoms with Crippen molar-refractivity contribution in [3.63, 3.8) is 0 Å². The second kappa shape index (κ2) is 22.1. The van der Waals surface area contributed by atoms with Gasteiger partial charge in [0.05, 0.1) is 6.61 Å². The topological polar surface area (TPSA) is 142 Å². The largest absolute Gasteiger partial charge is 0.395 e. The van der Waals surface area contributed by atoms with Gasteiger partial charge in [-0.1, -0.05) is 23.7 Å². The van der Waals surface area contributed by atoms with Crippen molar-refractivity contribution in [3.8, 4) is 0 Å². The molecular weight excluding hydrogens is 603 g/mol. The van der Waals surface area contributed by atoms with Crippen LogP contribution >= 0.6 is 67.0 Å². The lowest BCUT2D eigenvalue weighted by Crippen LogP contribution is -2.61. The second-order valence-corrected chi connectivity index (χ2v) is 13.0. The first-order valence-corrected chi connectivity index (χ1v) is 17.5. The minimum atomic E-state index is -0.793. The molecule has 1 rings (SSSR count). The second-order valence-electron chi connectivity index (χ2n) is 8.41. The molecule has 1 saturated heterocycles. The van der Waals surface area contributed by atoms with E-state index >= 15 is 0 Å². The average Bonchev–Trinajstić information content (AvgIpc) is 2.89. The van der Waals surface area contributed by atoms with Crippen LogP contribution < -0.4 is 10.6 Å². The van der Waals surface area contributed by atoms with E-state index in [-0.39, 0.29) is 31.5 Å². The molecular formula is C21H38Cl2N4O6S4. The number of nitrogens with zero attached hydrogens (tertiary/aromatic N) is 2. The number of hydrogen-bond donors (Lipinski definition) is 5. The van der Waals surface area contributed by atoms with Crippen LogP contribution in [0.1, 0.15) is 38.5 Å². The highest BCUT2D eigenvalue weighted by Crippen LogP contribution is 2.19. The van der Waals surface area contributed by atoms with Crippen LogP contribution in [0.25, 0.3) is 0 Å². The summed E-state index contributed by atoms with van der Waals surface area (Å²) >= 11 is 2.76. The van der Waals surface area contributed by atoms with E-state index in [9.17, 15) is 24.6 Å². The van der Waals surface area contributed by atoms with Crippen molar-refractivity contribution in [2.75, 3.05) is 50.8 Å². The van der Waals surface area contributed by atoms with E-state index in [2.05, 4.69) is 14.9 Å². The Hall–Kier alpha value is 0.390. The molecule has 216 valence electrons. The Morgan fingerprint density at radius 1 is 0.865 bits per heavy atom. The first kappa shape index (κ1) is 35.4. The molecule has 37 heavy (non-hydrogen) atoms. The molecule has 0 aliphatic carbocycles. The summed E-state index contributed by atoms with van der Waals surface area (Å²) in [6, 6.07) is -1.13. The maximum Gasteiger partial charge on any atom is 0.243 e. The Labute approximate surface area is 245 Å². The Balaban J connectivity index is 2.35. The van der Waals surface area contributed by atoms with Crippen LogP contribution in [0.4, 0.5) is 0 Å². The van der Waals surface area contributed by atoms with Gasteiger partial charge in [0, 0.05) is 37.7 Å². The zero-order valence-electron chi connectivity index (χ0n) is 20.6. The monoisotopic (exact) mass is 640 g/mol. The number of hydrogen-bond acceptors (Lipinski definition) is 12. The number of aliphatic hydroxyl groups is 3. The molecule has 0 aromatic rings. The number of halogens is 2. The van der Waals surface area contributed by atoms with Gasteiger partial charge in [-0.15, -0.1) is 0 Å². The summed E-state index contributed by atoms with van der Waals surface area (Å²) in [5, 5.41) is 34.3. The van der Waals surface area contributed by atoms with Gasteiger partial charge in [0.1, 0.15) is 23.0 Å². The first-order chi connectivity index (χ1) is 17.8. The Morgan fingerprint density at radius 2 is 1.41 bits per heavy atom. The fraction of sp³-hybridized carbons (Fsp3) is 0.857. The van der Waals surface area contributed by atoms with E-state index in [1.54, 1.807) is 11.9 Å². The normalized spacial score (nSPS) is 19.6. The number of rotatable bonds is 23. The number of carbonyl (C=O) groups is 3. The maximum atomic E-state index is 12.5. The fourth-order valence-corrected chi connectivity index (χ4v) is 6.00. The fourth-order valence-electron chi connectivity index (χ4n) is 3.77. The van der Waals surface area contributed by atoms with Crippen LogP contribution in [0, 0.1) is 0 Å². The molecule has 2 amide bonds. The van der Waals surface area contributed by atoms with Crippen LogP contribution in [0.5, 0.6) is 0 Å². The molecule has 5 N–H and O–H groups in total. The summed E-state index contributed by atoms with van der Waals surface area (Å²) in [5.41, 5.74) is -0.764. The van der Waals surface area contributed by atoms with Gasteiger partial charge in [-0.25, -0.2) is 4.31 Å². The molecule has 0 saturated carbocycles. The minimum absolute atomic E-state index is 0.0856. The van der Waals surface area contributed by atoms with E-state index in [0.29, 0.717) is 43.7 Å². The predicted octanol–water partition coefficient (Wildman–Crippen LogP) is 1.89. The van der Waals surface area contributed by atoms with Gasteiger partial charge in [-0.3, -0.25) is 19.3 Å². The van der Waals surface area contributed by atoms with Gasteiger partial charge >= 0.3 is 0 Å². The molecule has 1 fully saturated rings. The molecule has 0 radical (unpaired) electrons. The molecule has 1 aliphatic rings. The number of unbranched alkanes of at least 4 members (excludes halogenated alkanes) is 2. The van der Waals surface area contributed by atoms with Crippen LogP contribution in [0.3, 0.4) is 0 Å². The van der Waals surface area contributed by atoms with Gasteiger partial charge < -0.3 is 26.0 Å². The Bertz CT molecular complexity index is 652. The van der Waals surface area contributed by atoms with Gasteiger partial charge in [0.2, 0.25) is 11.8 Å². The lowest BCUT2D eigenvalue weighted by atomic mass is 10.0. The van der Waals surface area contributed by atoms with Crippen molar-refractivity contribution in [1.29, 1.82) is 0 Å². The smallest absolute Gasteiger partial charge is 0.243 e. The van der Waals surface area contributed by atoms with Crippen molar-refractivity contribution in [2.45, 2.75) is 61.5 Å². The molecule has 1 heterocycles. The average molecular weight is 642 g/mol. The van der Waals surface area contributed by atoms with Gasteiger partial charge in [-0.05, 0) is 88.4 Å². The Morgan fingerprint density at radius 3 is 1.89 bits per heavy atom. The number of aliphatic hydroxyl groups excluding tert-OH is 3. The summed E-state index contributed by atoms with van der Waals surface area (Å²) in [7, 11) is 12.8. The highest BCUT2D eigenvalue weighted by atomic mass is 35.7. The lowest BCUT2D eigenvalue weighted by Gasteiger charge is -2.30. The summed E-state index contributed by atoms with van der Waals surface area (Å²) in [4.78, 5) is 37.5. The van der Waals surface area contributed by atoms with Crippen molar-refractivity contribution in [2.24, 2.45) is 0 Å². The number of amides is 2. The van der Waals surface area contributed by atoms with Crippen LogP contribution in [-0.2, 0) is 14.4 Å². The van der Waals surface area contributed by atoms with E-state index < -0.39 is 23.0 Å². The van der Waals surface area contributed by atoms with Crippen molar-refractivity contribution in [1.82, 2.24) is 19.8 Å². The molecule has 0 aromatic carbocycles. The number of thioether (sulfide) groups is 1. The third kappa shape index (κ3) is 16.3. The van der Waals surface area contributed by atoms with Crippen molar-refractivity contribution >= 4 is 84.5 Å². The molecule has 16 heteroatoms. The van der Waals surface area contributed by atoms with E-state index in [1.165, 1.54) is 11.8 Å². The number of carbonyl (C=O) groups excluding carboxylic acids is 3. The first-order valence-electron chi connectivity index (χ1n) is 12.1. The van der Waals surface area contributed by atoms with Crippen LogP contribution in [0.2, 0.25) is 0 Å². The standard InChI is InChI=1S/C21H38Cl2N4O6S4/c22-36-18(30)13-26(14-19(31)37-23)7-3-1-5-16-20(32)25-17(21(33)24-16)6-2-4-8-27(35-12-10-28)9-11-34-15-29/h15-19,28,30-31H,1-14H2,(H,24,33)(H,25,32). The quantitative estimate of drug-likeness (QED) is 0.0482. The summed E-state index contributed by atoms with van der Waals surface area (Å²) in [5.74, 6) is 0.917. The van der Waals surface area contributed by atoms with Gasteiger partial charge in [-0.2, -0.15) is 0 Å². The minimum Gasteiger partial charge on any atom is -0.395 e. The van der Waals surface area contributed by atoms with Crippen molar-refractivity contribution < 1.29 is 29.7 Å². The highest BCUT2D eigenvalue weighted by Gasteiger charge is 2.32. The maximum absolute atomic E-state index is 12.5. The molecule has 4 atom stereocenters. The van der Waals surface area contributed by atoms with Gasteiger partial charge in [0.15, 0.2) is 5.62 Å². The van der Waals surface area contributed by atoms with E-state index in [0.717, 1.165) is 53.5 Å². The van der Waals surface area contributed by atoms with Gasteiger partial charge in [0.25, 0.3) is 0 Å². The Kier molecular flexibility index (Phi) is 21.2. The zero-order valence-corrected chi connectivity index (χ0v) is 25.4. The SMILES string of the molecule is O=CSCCN(CCCCC1NC(=O)C(CCCCN(CC(O)SCl)CC(O)SCl)NC1=O)SCCO. The van der Waals surface area contributed by atoms with E-state index in [4.69, 9.17) is 26.5 Å². The predicted molar refractivity (Wildman–Crippen MR) is 157 cm³/mol. The molecule has 1 aliphatic heterocycles. The lowest BCUT2D eigenvalue weighted by molar-refractivity contribution is -0.137. The van der Waals surface area contributed by atoms with Crippen LogP contribution in [-0.4, -0.2) is 116 Å². The summed E-state index contributed by atoms with van der Waals surface area (Å²) in [6.45, 7) is 2.72. The number of piperazine rings is 1. The summed E-state index contributed by atoms with van der Waals surface area (Å²) < 4.78 is 2.12. The molecule has 0 aromatic heterocycles. The molecule has 0 bridgehead atoms. The highest BCUT2D eigenvalue weighted by molar-refractivity contribution is 8.21.